The van der Waals surface area contributed by atoms with Gasteiger partial charge in [-0.3, -0.25) is 0 Å². The van der Waals surface area contributed by atoms with Gasteiger partial charge in [0.25, 0.3) is 0 Å². The van der Waals surface area contributed by atoms with Crippen LogP contribution in [0.3, 0.4) is 0 Å². The minimum atomic E-state index is -2.80. The van der Waals surface area contributed by atoms with Gasteiger partial charge in [0, 0.05) is 25.3 Å². The molecule has 1 saturated heterocycles. The van der Waals surface area contributed by atoms with E-state index in [1.807, 2.05) is 0 Å². The van der Waals surface area contributed by atoms with E-state index in [0.717, 1.165) is 25.2 Å². The molecule has 0 aromatic heterocycles. The van der Waals surface area contributed by atoms with Crippen molar-refractivity contribution in [3.8, 4) is 0 Å². The molecule has 5 heteroatoms. The molecular weight excluding hydrogens is 260 g/mol. The summed E-state index contributed by atoms with van der Waals surface area (Å²) in [7, 11) is -2.80. The fraction of sp³-hybridized carbons (Fsp3) is 0.571. The Bertz CT molecular complexity index is 483. The zero-order valence-corrected chi connectivity index (χ0v) is 12.2. The number of hydrogen-bond donors (Lipinski definition) is 1. The van der Waals surface area contributed by atoms with E-state index < -0.39 is 9.84 Å². The third-order valence-electron chi connectivity index (χ3n) is 3.40. The summed E-state index contributed by atoms with van der Waals surface area (Å²) in [6.07, 6.45) is 1.14. The Morgan fingerprint density at radius 3 is 2.37 bits per heavy atom. The number of nitrogens with one attached hydrogen (secondary N) is 1. The molecule has 1 heterocycles. The van der Waals surface area contributed by atoms with Gasteiger partial charge in [0.15, 0.2) is 9.84 Å². The summed E-state index contributed by atoms with van der Waals surface area (Å²) in [5.41, 5.74) is 2.39. The number of anilines is 1. The van der Waals surface area contributed by atoms with Crippen LogP contribution in [0.5, 0.6) is 0 Å². The first kappa shape index (κ1) is 14.3. The van der Waals surface area contributed by atoms with Crippen LogP contribution in [-0.4, -0.2) is 39.6 Å². The molecule has 1 aromatic rings. The molecule has 1 aliphatic heterocycles. The van der Waals surface area contributed by atoms with Crippen LogP contribution >= 0.6 is 0 Å². The molecule has 1 N–H and O–H groups in total. The zero-order valence-electron chi connectivity index (χ0n) is 11.4. The number of nitrogens with zero attached hydrogens (tertiary/aromatic N) is 1. The molecule has 0 saturated carbocycles. The molecule has 2 rings (SSSR count). The summed E-state index contributed by atoms with van der Waals surface area (Å²) in [4.78, 5) is 2.14. The third kappa shape index (κ3) is 4.21. The normalized spacial score (nSPS) is 18.5. The zero-order chi connectivity index (χ0) is 13.7. The first-order valence-electron chi connectivity index (χ1n) is 6.86. The quantitative estimate of drug-likeness (QED) is 0.830. The van der Waals surface area contributed by atoms with Gasteiger partial charge in [-0.15, -0.1) is 0 Å². The topological polar surface area (TPSA) is 49.4 Å². The molecule has 0 radical (unpaired) electrons. The predicted molar refractivity (Wildman–Crippen MR) is 79.3 cm³/mol. The van der Waals surface area contributed by atoms with Crippen LogP contribution < -0.4 is 10.2 Å². The lowest BCUT2D eigenvalue weighted by molar-refractivity contribution is 0.587. The molecule has 0 bridgehead atoms. The lowest BCUT2D eigenvalue weighted by atomic mass is 10.2. The van der Waals surface area contributed by atoms with Crippen molar-refractivity contribution in [1.82, 2.24) is 5.32 Å². The molecule has 1 fully saturated rings. The third-order valence-corrected chi connectivity index (χ3v) is 5.01. The van der Waals surface area contributed by atoms with Crippen LogP contribution in [0.4, 0.5) is 5.69 Å². The summed E-state index contributed by atoms with van der Waals surface area (Å²) >= 11 is 0. The first-order valence-corrected chi connectivity index (χ1v) is 8.68. The number of rotatable bonds is 5. The Balaban J connectivity index is 1.91. The molecule has 106 valence electrons. The summed E-state index contributed by atoms with van der Waals surface area (Å²) in [5.74, 6) is 0.541. The van der Waals surface area contributed by atoms with Crippen molar-refractivity contribution in [2.45, 2.75) is 19.9 Å². The van der Waals surface area contributed by atoms with Gasteiger partial charge in [-0.05, 0) is 30.7 Å². The monoisotopic (exact) mass is 282 g/mol. The minimum Gasteiger partial charge on any atom is -0.369 e. The second-order valence-corrected chi connectivity index (χ2v) is 7.29. The maximum atomic E-state index is 11.4. The Kier molecular flexibility index (Phi) is 4.82. The van der Waals surface area contributed by atoms with Crippen LogP contribution in [0, 0.1) is 0 Å². The van der Waals surface area contributed by atoms with Crippen molar-refractivity contribution in [3.63, 3.8) is 0 Å². The number of hydrogen-bond acceptors (Lipinski definition) is 4. The Morgan fingerprint density at radius 2 is 1.79 bits per heavy atom. The van der Waals surface area contributed by atoms with Crippen LogP contribution in [0.15, 0.2) is 24.3 Å². The van der Waals surface area contributed by atoms with Gasteiger partial charge >= 0.3 is 0 Å². The van der Waals surface area contributed by atoms with Crippen molar-refractivity contribution in [2.75, 3.05) is 36.0 Å². The van der Waals surface area contributed by atoms with E-state index >= 15 is 0 Å². The maximum Gasteiger partial charge on any atom is 0.153 e. The van der Waals surface area contributed by atoms with Gasteiger partial charge in [-0.2, -0.15) is 0 Å². The summed E-state index contributed by atoms with van der Waals surface area (Å²) < 4.78 is 22.8. The molecule has 0 amide bonds. The van der Waals surface area contributed by atoms with Gasteiger partial charge < -0.3 is 10.2 Å². The fourth-order valence-electron chi connectivity index (χ4n) is 2.20. The lowest BCUT2D eigenvalue weighted by Crippen LogP contribution is -2.40. The van der Waals surface area contributed by atoms with E-state index in [1.54, 1.807) is 0 Å². The van der Waals surface area contributed by atoms with Crippen molar-refractivity contribution in [1.29, 1.82) is 0 Å². The highest BCUT2D eigenvalue weighted by atomic mass is 32.2. The fourth-order valence-corrected chi connectivity index (χ4v) is 3.41. The summed E-state index contributed by atoms with van der Waals surface area (Å²) in [6.45, 7) is 5.29. The van der Waals surface area contributed by atoms with Gasteiger partial charge in [-0.1, -0.05) is 19.1 Å². The van der Waals surface area contributed by atoms with E-state index in [4.69, 9.17) is 0 Å². The van der Waals surface area contributed by atoms with E-state index in [1.165, 1.54) is 5.56 Å². The summed E-state index contributed by atoms with van der Waals surface area (Å²) in [6, 6.07) is 8.39. The Hall–Kier alpha value is -1.07. The molecule has 1 aliphatic rings. The van der Waals surface area contributed by atoms with Crippen LogP contribution in [0.25, 0.3) is 0 Å². The van der Waals surface area contributed by atoms with Gasteiger partial charge in [0.05, 0.1) is 11.5 Å². The second-order valence-electron chi connectivity index (χ2n) is 4.98. The molecule has 0 aliphatic carbocycles. The highest BCUT2D eigenvalue weighted by molar-refractivity contribution is 7.91. The van der Waals surface area contributed by atoms with Gasteiger partial charge in [0.2, 0.25) is 0 Å². The van der Waals surface area contributed by atoms with Crippen molar-refractivity contribution >= 4 is 15.5 Å². The van der Waals surface area contributed by atoms with E-state index in [9.17, 15) is 8.42 Å². The SMILES string of the molecule is CCCNCc1ccc(N2CCS(=O)(=O)CC2)cc1. The average molecular weight is 282 g/mol. The Morgan fingerprint density at radius 1 is 1.16 bits per heavy atom. The lowest BCUT2D eigenvalue weighted by Gasteiger charge is -2.28. The molecule has 0 unspecified atom stereocenters. The second kappa shape index (κ2) is 6.39. The average Bonchev–Trinajstić information content (AvgIpc) is 2.40. The minimum absolute atomic E-state index is 0.271. The predicted octanol–water partition coefficient (Wildman–Crippen LogP) is 1.42. The molecule has 4 nitrogen and oxygen atoms in total. The molecule has 19 heavy (non-hydrogen) atoms. The highest BCUT2D eigenvalue weighted by Crippen LogP contribution is 2.18. The van der Waals surface area contributed by atoms with Gasteiger partial charge in [-0.25, -0.2) is 8.42 Å². The highest BCUT2D eigenvalue weighted by Gasteiger charge is 2.21. The maximum absolute atomic E-state index is 11.4. The Labute approximate surface area is 115 Å². The molecule has 0 atom stereocenters. The first-order chi connectivity index (χ1) is 9.11. The van der Waals surface area contributed by atoms with Crippen LogP contribution in [0.1, 0.15) is 18.9 Å². The number of benzene rings is 1. The van der Waals surface area contributed by atoms with Crippen molar-refractivity contribution in [2.24, 2.45) is 0 Å². The van der Waals surface area contributed by atoms with Crippen molar-refractivity contribution < 1.29 is 8.42 Å². The standard InChI is InChI=1S/C14H22N2O2S/c1-2-7-15-12-13-3-5-14(6-4-13)16-8-10-19(17,18)11-9-16/h3-6,15H,2,7-12H2,1H3. The van der Waals surface area contributed by atoms with E-state index in [2.05, 4.69) is 41.4 Å². The van der Waals surface area contributed by atoms with Crippen LogP contribution in [-0.2, 0) is 16.4 Å². The number of sulfone groups is 1. The summed E-state index contributed by atoms with van der Waals surface area (Å²) in [5, 5.41) is 3.37. The molecule has 0 spiro atoms. The smallest absolute Gasteiger partial charge is 0.153 e. The van der Waals surface area contributed by atoms with Crippen LogP contribution in [0.2, 0.25) is 0 Å². The van der Waals surface area contributed by atoms with E-state index in [0.29, 0.717) is 13.1 Å². The molecular formula is C14H22N2O2S. The van der Waals surface area contributed by atoms with Crippen molar-refractivity contribution in [3.05, 3.63) is 29.8 Å². The van der Waals surface area contributed by atoms with E-state index in [-0.39, 0.29) is 11.5 Å². The van der Waals surface area contributed by atoms with Gasteiger partial charge in [0.1, 0.15) is 0 Å². The largest absolute Gasteiger partial charge is 0.369 e. The molecule has 1 aromatic carbocycles.